The number of aromatic nitrogens is 2. The van der Waals surface area contributed by atoms with Gasteiger partial charge in [0.1, 0.15) is 24.8 Å². The number of amides is 2. The van der Waals surface area contributed by atoms with Gasteiger partial charge in [-0.05, 0) is 0 Å². The first kappa shape index (κ1) is 20.5. The molecule has 0 unspecified atom stereocenters. The van der Waals surface area contributed by atoms with E-state index in [0.717, 1.165) is 30.9 Å². The van der Waals surface area contributed by atoms with E-state index in [-0.39, 0.29) is 11.8 Å². The maximum Gasteiger partial charge on any atom is 0.266 e. The van der Waals surface area contributed by atoms with E-state index in [1.807, 2.05) is 32.7 Å². The molecule has 0 fully saturated rings. The van der Waals surface area contributed by atoms with Crippen molar-refractivity contribution in [1.29, 1.82) is 0 Å². The van der Waals surface area contributed by atoms with Crippen LogP contribution in [0.25, 0.3) is 0 Å². The van der Waals surface area contributed by atoms with Gasteiger partial charge in [-0.3, -0.25) is 14.6 Å². The normalized spacial score (nSPS) is 15.6. The summed E-state index contributed by atoms with van der Waals surface area (Å²) in [7, 11) is 1.88. The van der Waals surface area contributed by atoms with Crippen LogP contribution < -0.4 is 5.32 Å². The molecule has 0 bridgehead atoms. The van der Waals surface area contributed by atoms with Crippen molar-refractivity contribution in [1.82, 2.24) is 20.4 Å². The van der Waals surface area contributed by atoms with Crippen LogP contribution in [0.3, 0.4) is 0 Å². The van der Waals surface area contributed by atoms with Crippen LogP contribution in [0.5, 0.6) is 0 Å². The average molecular weight is 350 g/mol. The second-order valence-electron chi connectivity index (χ2n) is 5.36. The third kappa shape index (κ3) is 7.23. The van der Waals surface area contributed by atoms with Crippen LogP contribution in [-0.2, 0) is 16.0 Å². The molecule has 0 aliphatic carbocycles. The molecule has 2 amide bonds. The summed E-state index contributed by atoms with van der Waals surface area (Å²) in [4.78, 5) is 30.5. The molecule has 2 aliphatic heterocycles. The number of carbonyl (C=O) groups is 2. The summed E-state index contributed by atoms with van der Waals surface area (Å²) in [6, 6.07) is 0. The Morgan fingerprint density at radius 1 is 1.12 bits per heavy atom. The number of nitrogens with zero attached hydrogens (tertiary/aromatic N) is 5. The molecule has 0 atom stereocenters. The summed E-state index contributed by atoms with van der Waals surface area (Å²) in [5.41, 5.74) is 0. The molecule has 3 rings (SSSR count). The lowest BCUT2D eigenvalue weighted by molar-refractivity contribution is -0.118. The molecule has 1 N–H and O–H groups in total. The van der Waals surface area contributed by atoms with Crippen molar-refractivity contribution in [2.24, 2.45) is 9.98 Å². The topological polar surface area (TPSA) is 113 Å². The minimum absolute atomic E-state index is 0.0156. The number of hydrogen-bond acceptors (Lipinski definition) is 7. The highest BCUT2D eigenvalue weighted by atomic mass is 16.4. The zero-order chi connectivity index (χ0) is 18.8. The van der Waals surface area contributed by atoms with Gasteiger partial charge in [0.2, 0.25) is 17.7 Å². The summed E-state index contributed by atoms with van der Waals surface area (Å²) in [6.45, 7) is 8.50. The molecule has 0 saturated carbocycles. The minimum Gasteiger partial charge on any atom is -0.426 e. The quantitative estimate of drug-likeness (QED) is 0.874. The van der Waals surface area contributed by atoms with Gasteiger partial charge in [-0.2, -0.15) is 4.99 Å². The van der Waals surface area contributed by atoms with Crippen molar-refractivity contribution in [2.45, 2.75) is 47.0 Å². The Balaban J connectivity index is 0.000000188. The highest BCUT2D eigenvalue weighted by Gasteiger charge is 2.16. The molecule has 0 saturated heterocycles. The van der Waals surface area contributed by atoms with Crippen LogP contribution in [-0.4, -0.2) is 58.7 Å². The summed E-state index contributed by atoms with van der Waals surface area (Å²) < 4.78 is 5.01. The molecule has 9 nitrogen and oxygen atoms in total. The van der Waals surface area contributed by atoms with E-state index in [1.54, 1.807) is 6.92 Å². The van der Waals surface area contributed by atoms with E-state index < -0.39 is 0 Å². The lowest BCUT2D eigenvalue weighted by Gasteiger charge is -2.08. The molecule has 1 aromatic heterocycles. The summed E-state index contributed by atoms with van der Waals surface area (Å²) >= 11 is 0. The Labute approximate surface area is 147 Å². The Kier molecular flexibility index (Phi) is 8.45. The number of aryl methyl sites for hydroxylation is 2. The lowest BCUT2D eigenvalue weighted by atomic mass is 10.4. The van der Waals surface area contributed by atoms with Gasteiger partial charge in [0.15, 0.2) is 0 Å². The fraction of sp³-hybridized carbons (Fsp3) is 0.625. The van der Waals surface area contributed by atoms with E-state index >= 15 is 0 Å². The molecule has 3 heterocycles. The van der Waals surface area contributed by atoms with Crippen LogP contribution >= 0.6 is 0 Å². The van der Waals surface area contributed by atoms with Gasteiger partial charge in [-0.25, -0.2) is 0 Å². The van der Waals surface area contributed by atoms with Crippen LogP contribution in [0, 0.1) is 6.92 Å². The van der Waals surface area contributed by atoms with Crippen LogP contribution in [0.4, 0.5) is 0 Å². The summed E-state index contributed by atoms with van der Waals surface area (Å²) in [6.07, 6.45) is 2.49. The summed E-state index contributed by atoms with van der Waals surface area (Å²) in [5.74, 6) is 3.07. The first-order valence-corrected chi connectivity index (χ1v) is 8.33. The zero-order valence-corrected chi connectivity index (χ0v) is 15.5. The van der Waals surface area contributed by atoms with Gasteiger partial charge in [-0.15, -0.1) is 10.2 Å². The van der Waals surface area contributed by atoms with Crippen molar-refractivity contribution in [3.05, 3.63) is 11.8 Å². The molecule has 9 heteroatoms. The standard InChI is InChI=1S/C6H10N2O.2C5H8N2O/c1-3-5-7-6(9)4-8(5)2;1-3-5-7-6-4(2)8-5;1-2-4-6-3-5(8)7-4/h3-4H2,1-2H3;3H2,1-2H3;2-3H2,1H3,(H,6,7,8). The number of amidine groups is 2. The molecular weight excluding hydrogens is 324 g/mol. The third-order valence-electron chi connectivity index (χ3n) is 3.29. The van der Waals surface area contributed by atoms with Crippen LogP contribution in [0.1, 0.15) is 45.4 Å². The molecule has 25 heavy (non-hydrogen) atoms. The second kappa shape index (κ2) is 10.3. The summed E-state index contributed by atoms with van der Waals surface area (Å²) in [5, 5.41) is 10.0. The number of likely N-dealkylation sites (N-methyl/N-ethyl adjacent to an activating group) is 1. The van der Waals surface area contributed by atoms with Crippen molar-refractivity contribution < 1.29 is 14.0 Å². The number of nitrogens with one attached hydrogen (secondary N) is 1. The molecule has 0 spiro atoms. The number of carbonyl (C=O) groups excluding carboxylic acids is 2. The van der Waals surface area contributed by atoms with E-state index in [9.17, 15) is 9.59 Å². The Morgan fingerprint density at radius 3 is 2.08 bits per heavy atom. The smallest absolute Gasteiger partial charge is 0.266 e. The van der Waals surface area contributed by atoms with Gasteiger partial charge in [0, 0.05) is 33.2 Å². The van der Waals surface area contributed by atoms with Gasteiger partial charge in [0.25, 0.3) is 5.91 Å². The number of hydrogen-bond donors (Lipinski definition) is 1. The van der Waals surface area contributed by atoms with Crippen molar-refractivity contribution in [3.63, 3.8) is 0 Å². The monoisotopic (exact) mass is 350 g/mol. The molecular formula is C16H26N6O3. The van der Waals surface area contributed by atoms with Crippen LogP contribution in [0.15, 0.2) is 14.4 Å². The molecule has 2 aliphatic rings. The van der Waals surface area contributed by atoms with Gasteiger partial charge < -0.3 is 14.6 Å². The number of aliphatic imine (C=N–C) groups is 2. The van der Waals surface area contributed by atoms with E-state index in [4.69, 9.17) is 4.42 Å². The highest BCUT2D eigenvalue weighted by Crippen LogP contribution is 2.01. The average Bonchev–Trinajstić information content (AvgIpc) is 3.28. The molecule has 0 aromatic carbocycles. The third-order valence-corrected chi connectivity index (χ3v) is 3.29. The van der Waals surface area contributed by atoms with Crippen molar-refractivity contribution in [3.8, 4) is 0 Å². The lowest BCUT2D eigenvalue weighted by Crippen LogP contribution is -2.23. The van der Waals surface area contributed by atoms with Crippen molar-refractivity contribution >= 4 is 23.5 Å². The Bertz CT molecular complexity index is 650. The highest BCUT2D eigenvalue weighted by molar-refractivity contribution is 6.03. The Hall–Kier alpha value is -2.58. The van der Waals surface area contributed by atoms with Gasteiger partial charge >= 0.3 is 0 Å². The van der Waals surface area contributed by atoms with Gasteiger partial charge in [-0.1, -0.05) is 20.8 Å². The zero-order valence-electron chi connectivity index (χ0n) is 15.5. The fourth-order valence-corrected chi connectivity index (χ4v) is 2.00. The van der Waals surface area contributed by atoms with Crippen LogP contribution in [0.2, 0.25) is 0 Å². The molecule has 0 radical (unpaired) electrons. The van der Waals surface area contributed by atoms with E-state index in [1.165, 1.54) is 0 Å². The van der Waals surface area contributed by atoms with Gasteiger partial charge in [0.05, 0.1) is 0 Å². The Morgan fingerprint density at radius 2 is 1.84 bits per heavy atom. The largest absolute Gasteiger partial charge is 0.426 e. The maximum absolute atomic E-state index is 10.6. The SMILES string of the molecule is CCC1=NC(=O)CN1C.CCC1=NCC(=O)N1.CCc1nnc(C)o1. The number of rotatable bonds is 3. The van der Waals surface area contributed by atoms with E-state index in [0.29, 0.717) is 24.9 Å². The first-order valence-electron chi connectivity index (χ1n) is 8.33. The minimum atomic E-state index is -0.0191. The molecule has 138 valence electrons. The fourth-order valence-electron chi connectivity index (χ4n) is 2.00. The van der Waals surface area contributed by atoms with E-state index in [2.05, 4.69) is 25.5 Å². The first-order chi connectivity index (χ1) is 11.9. The second-order valence-corrected chi connectivity index (χ2v) is 5.36. The predicted octanol–water partition coefficient (Wildman–Crippen LogP) is 1.13. The maximum atomic E-state index is 10.6. The predicted molar refractivity (Wildman–Crippen MR) is 94.5 cm³/mol. The van der Waals surface area contributed by atoms with Crippen molar-refractivity contribution in [2.75, 3.05) is 20.1 Å². The molecule has 1 aromatic rings.